The summed E-state index contributed by atoms with van der Waals surface area (Å²) >= 11 is 0. The summed E-state index contributed by atoms with van der Waals surface area (Å²) in [5.74, 6) is 1.58. The maximum Gasteiger partial charge on any atom is 0.123 e. The van der Waals surface area contributed by atoms with Crippen LogP contribution < -0.4 is 5.73 Å². The minimum absolute atomic E-state index is 0.246. The standard InChI is InChI=1S/C20H27NO/c1-12-7-9-15(10-8-12)17-16-14(3)20(6,21)11-13(2)18(16)22-19(17,4)5/h7-11,14,17H,21H2,1-6H3. The molecule has 118 valence electrons. The van der Waals surface area contributed by atoms with E-state index in [9.17, 15) is 0 Å². The highest BCUT2D eigenvalue weighted by atomic mass is 16.5. The van der Waals surface area contributed by atoms with Crippen molar-refractivity contribution in [3.8, 4) is 0 Å². The molecule has 2 N–H and O–H groups in total. The quantitative estimate of drug-likeness (QED) is 0.831. The third-order valence-electron chi connectivity index (χ3n) is 5.33. The molecule has 0 aromatic heterocycles. The molecule has 2 aliphatic rings. The summed E-state index contributed by atoms with van der Waals surface area (Å²) in [5, 5.41) is 0. The molecule has 0 saturated heterocycles. The van der Waals surface area contributed by atoms with Crippen LogP contribution in [0.5, 0.6) is 0 Å². The van der Waals surface area contributed by atoms with Gasteiger partial charge in [-0.3, -0.25) is 0 Å². The fourth-order valence-electron chi connectivity index (χ4n) is 3.97. The van der Waals surface area contributed by atoms with Crippen molar-refractivity contribution in [1.29, 1.82) is 0 Å². The van der Waals surface area contributed by atoms with Gasteiger partial charge in [0.05, 0.1) is 0 Å². The molecule has 1 heterocycles. The van der Waals surface area contributed by atoms with Crippen molar-refractivity contribution in [3.05, 3.63) is 58.4 Å². The highest BCUT2D eigenvalue weighted by Crippen LogP contribution is 2.54. The van der Waals surface area contributed by atoms with Crippen molar-refractivity contribution >= 4 is 0 Å². The lowest BCUT2D eigenvalue weighted by atomic mass is 9.68. The van der Waals surface area contributed by atoms with Crippen molar-refractivity contribution in [2.24, 2.45) is 11.7 Å². The highest BCUT2D eigenvalue weighted by Gasteiger charge is 2.50. The minimum atomic E-state index is -0.324. The molecule has 2 nitrogen and oxygen atoms in total. The summed E-state index contributed by atoms with van der Waals surface area (Å²) in [6.07, 6.45) is 2.16. The van der Waals surface area contributed by atoms with Crippen molar-refractivity contribution in [2.45, 2.75) is 58.6 Å². The lowest BCUT2D eigenvalue weighted by Gasteiger charge is -2.37. The molecule has 1 aromatic carbocycles. The zero-order valence-corrected chi connectivity index (χ0v) is 14.5. The summed E-state index contributed by atoms with van der Waals surface area (Å²) in [7, 11) is 0. The van der Waals surface area contributed by atoms with Crippen LogP contribution in [0.25, 0.3) is 0 Å². The van der Waals surface area contributed by atoms with Gasteiger partial charge in [-0.25, -0.2) is 0 Å². The number of hydrogen-bond donors (Lipinski definition) is 1. The van der Waals surface area contributed by atoms with Gasteiger partial charge in [0.15, 0.2) is 0 Å². The molecule has 0 bridgehead atoms. The van der Waals surface area contributed by atoms with E-state index in [2.05, 4.69) is 71.9 Å². The summed E-state index contributed by atoms with van der Waals surface area (Å²) in [5.41, 5.74) is 11.1. The molecule has 1 aliphatic carbocycles. The average molecular weight is 297 g/mol. The number of allylic oxidation sites excluding steroid dienone is 1. The van der Waals surface area contributed by atoms with Crippen molar-refractivity contribution in [3.63, 3.8) is 0 Å². The summed E-state index contributed by atoms with van der Waals surface area (Å²) in [6.45, 7) is 12.9. The summed E-state index contributed by atoms with van der Waals surface area (Å²) in [4.78, 5) is 0. The van der Waals surface area contributed by atoms with Crippen LogP contribution in [-0.4, -0.2) is 11.1 Å². The summed E-state index contributed by atoms with van der Waals surface area (Å²) in [6, 6.07) is 8.83. The van der Waals surface area contributed by atoms with Crippen molar-refractivity contribution < 1.29 is 4.74 Å². The Labute approximate surface area is 134 Å². The maximum absolute atomic E-state index is 6.55. The lowest BCUT2D eigenvalue weighted by Crippen LogP contribution is -2.45. The highest BCUT2D eigenvalue weighted by molar-refractivity contribution is 5.50. The lowest BCUT2D eigenvalue weighted by molar-refractivity contribution is 0.0521. The van der Waals surface area contributed by atoms with E-state index >= 15 is 0 Å². The third-order valence-corrected chi connectivity index (χ3v) is 5.33. The van der Waals surface area contributed by atoms with Crippen LogP contribution in [-0.2, 0) is 4.74 Å². The van der Waals surface area contributed by atoms with E-state index < -0.39 is 0 Å². The van der Waals surface area contributed by atoms with Gasteiger partial charge in [0.25, 0.3) is 0 Å². The van der Waals surface area contributed by atoms with Crippen LogP contribution in [0.2, 0.25) is 0 Å². The zero-order valence-electron chi connectivity index (χ0n) is 14.5. The second-order valence-corrected chi connectivity index (χ2v) is 7.75. The van der Waals surface area contributed by atoms with Gasteiger partial charge in [-0.15, -0.1) is 0 Å². The second-order valence-electron chi connectivity index (χ2n) is 7.75. The smallest absolute Gasteiger partial charge is 0.123 e. The molecule has 3 atom stereocenters. The van der Waals surface area contributed by atoms with Crippen LogP contribution in [0, 0.1) is 12.8 Å². The number of hydrogen-bond acceptors (Lipinski definition) is 2. The molecule has 1 aromatic rings. The van der Waals surface area contributed by atoms with E-state index in [0.717, 1.165) is 5.76 Å². The Morgan fingerprint density at radius 1 is 1.05 bits per heavy atom. The fourth-order valence-corrected chi connectivity index (χ4v) is 3.97. The predicted octanol–water partition coefficient (Wildman–Crippen LogP) is 4.45. The first-order valence-corrected chi connectivity index (χ1v) is 8.12. The zero-order chi connectivity index (χ0) is 16.3. The normalized spacial score (nSPS) is 33.3. The van der Waals surface area contributed by atoms with Gasteiger partial charge in [-0.1, -0.05) is 42.8 Å². The van der Waals surface area contributed by atoms with Gasteiger partial charge < -0.3 is 10.5 Å². The maximum atomic E-state index is 6.55. The van der Waals surface area contributed by atoms with Gasteiger partial charge in [0.1, 0.15) is 11.4 Å². The molecule has 2 heteroatoms. The Kier molecular flexibility index (Phi) is 3.30. The predicted molar refractivity (Wildman–Crippen MR) is 91.6 cm³/mol. The van der Waals surface area contributed by atoms with E-state index in [1.165, 1.54) is 22.3 Å². The van der Waals surface area contributed by atoms with Gasteiger partial charge in [-0.2, -0.15) is 0 Å². The van der Waals surface area contributed by atoms with Crippen LogP contribution in [0.15, 0.2) is 47.2 Å². The molecule has 0 spiro atoms. The molecular weight excluding hydrogens is 270 g/mol. The molecule has 0 radical (unpaired) electrons. The van der Waals surface area contributed by atoms with Gasteiger partial charge >= 0.3 is 0 Å². The SMILES string of the molecule is CC1=CC(C)(N)C(C)C2=C1OC(C)(C)C2c1ccc(C)cc1. The Morgan fingerprint density at radius 2 is 1.64 bits per heavy atom. The third kappa shape index (κ3) is 2.21. The van der Waals surface area contributed by atoms with Crippen molar-refractivity contribution in [2.75, 3.05) is 0 Å². The Hall–Kier alpha value is -1.54. The largest absolute Gasteiger partial charge is 0.487 e. The van der Waals surface area contributed by atoms with Crippen LogP contribution in [0.3, 0.4) is 0 Å². The van der Waals surface area contributed by atoms with Crippen LogP contribution in [0.4, 0.5) is 0 Å². The minimum Gasteiger partial charge on any atom is -0.487 e. The van der Waals surface area contributed by atoms with E-state index in [1.54, 1.807) is 0 Å². The molecule has 3 unspecified atom stereocenters. The Bertz CT molecular complexity index is 661. The van der Waals surface area contributed by atoms with E-state index in [1.807, 2.05) is 0 Å². The molecule has 1 aliphatic heterocycles. The van der Waals surface area contributed by atoms with Gasteiger partial charge in [0.2, 0.25) is 0 Å². The molecule has 0 saturated carbocycles. The second kappa shape index (κ2) is 4.73. The number of benzene rings is 1. The van der Waals surface area contributed by atoms with E-state index in [0.29, 0.717) is 0 Å². The first kappa shape index (κ1) is 15.4. The first-order valence-electron chi connectivity index (χ1n) is 8.12. The topological polar surface area (TPSA) is 35.2 Å². The van der Waals surface area contributed by atoms with Gasteiger partial charge in [-0.05, 0) is 51.3 Å². The van der Waals surface area contributed by atoms with Crippen LogP contribution in [0.1, 0.15) is 51.7 Å². The first-order chi connectivity index (χ1) is 10.1. The molecule has 22 heavy (non-hydrogen) atoms. The molecule has 0 amide bonds. The van der Waals surface area contributed by atoms with E-state index in [-0.39, 0.29) is 23.0 Å². The number of ether oxygens (including phenoxy) is 1. The molecular formula is C20H27NO. The average Bonchev–Trinajstić information content (AvgIpc) is 2.69. The number of rotatable bonds is 1. The number of aryl methyl sites for hydroxylation is 1. The van der Waals surface area contributed by atoms with Gasteiger partial charge in [0, 0.05) is 17.4 Å². The van der Waals surface area contributed by atoms with Crippen molar-refractivity contribution in [1.82, 2.24) is 0 Å². The van der Waals surface area contributed by atoms with E-state index in [4.69, 9.17) is 10.5 Å². The molecule has 0 fully saturated rings. The number of nitrogens with two attached hydrogens (primary N) is 1. The Balaban J connectivity index is 2.15. The molecule has 3 rings (SSSR count). The monoisotopic (exact) mass is 297 g/mol. The van der Waals surface area contributed by atoms with Crippen LogP contribution >= 0.6 is 0 Å². The fraction of sp³-hybridized carbons (Fsp3) is 0.500. The summed E-state index contributed by atoms with van der Waals surface area (Å²) < 4.78 is 6.38. The Morgan fingerprint density at radius 3 is 2.23 bits per heavy atom.